The van der Waals surface area contributed by atoms with E-state index in [0.29, 0.717) is 12.6 Å². The number of halogens is 2. The zero-order valence-corrected chi connectivity index (χ0v) is 16.2. The van der Waals surface area contributed by atoms with Crippen LogP contribution >= 0.6 is 0 Å². The molecule has 2 fully saturated rings. The topological polar surface area (TPSA) is 41.5 Å². The summed E-state index contributed by atoms with van der Waals surface area (Å²) in [5, 5.41) is 0. The molecule has 1 aromatic carbocycles. The molecule has 2 aliphatic rings. The normalized spacial score (nSPS) is 23.4. The number of likely N-dealkylation sites (tertiary alicyclic amines) is 2. The van der Waals surface area contributed by atoms with Gasteiger partial charge in [0.05, 0.1) is 7.11 Å². The van der Waals surface area contributed by atoms with Gasteiger partial charge in [-0.2, -0.15) is 0 Å². The molecule has 1 atom stereocenters. The number of nitrogens with zero attached hydrogens (tertiary/aromatic N) is 4. The van der Waals surface area contributed by atoms with Gasteiger partial charge in [0, 0.05) is 44.1 Å². The van der Waals surface area contributed by atoms with Crippen LogP contribution in [0, 0.1) is 17.0 Å². The maximum atomic E-state index is 13.5. The number of aromatic nitrogens is 2. The fourth-order valence-corrected chi connectivity index (χ4v) is 4.63. The van der Waals surface area contributed by atoms with Gasteiger partial charge in [-0.05, 0) is 55.5 Å². The number of benzene rings is 1. The van der Waals surface area contributed by atoms with Crippen molar-refractivity contribution >= 4 is 0 Å². The Morgan fingerprint density at radius 3 is 2.39 bits per heavy atom. The van der Waals surface area contributed by atoms with Gasteiger partial charge in [0.25, 0.3) is 0 Å². The predicted molar refractivity (Wildman–Crippen MR) is 102 cm³/mol. The molecule has 1 unspecified atom stereocenters. The zero-order chi connectivity index (χ0) is 19.6. The molecule has 7 heteroatoms. The summed E-state index contributed by atoms with van der Waals surface area (Å²) in [7, 11) is 1.56. The van der Waals surface area contributed by atoms with Crippen molar-refractivity contribution < 1.29 is 13.5 Å². The maximum absolute atomic E-state index is 13.5. The third-order valence-electron chi connectivity index (χ3n) is 5.92. The Morgan fingerprint density at radius 2 is 1.68 bits per heavy atom. The minimum Gasteiger partial charge on any atom is -0.467 e. The van der Waals surface area contributed by atoms with Crippen LogP contribution in [0.5, 0.6) is 6.01 Å². The fourth-order valence-electron chi connectivity index (χ4n) is 4.63. The van der Waals surface area contributed by atoms with Crippen LogP contribution in [0.2, 0.25) is 0 Å². The highest BCUT2D eigenvalue weighted by atomic mass is 19.2. The van der Waals surface area contributed by atoms with Gasteiger partial charge < -0.3 is 4.74 Å². The molecule has 4 rings (SSSR count). The van der Waals surface area contributed by atoms with Gasteiger partial charge in [-0.1, -0.05) is 6.07 Å². The molecule has 0 aliphatic carbocycles. The van der Waals surface area contributed by atoms with Crippen LogP contribution in [0.4, 0.5) is 8.78 Å². The first-order valence-corrected chi connectivity index (χ1v) is 9.79. The number of ether oxygens (including phenoxy) is 1. The average Bonchev–Trinajstić information content (AvgIpc) is 3.07. The zero-order valence-electron chi connectivity index (χ0n) is 16.2. The molecule has 2 saturated heterocycles. The summed E-state index contributed by atoms with van der Waals surface area (Å²) in [6.07, 6.45) is 7.18. The SMILES string of the molecule is COc1ncc(CN2CCC3(CCCN(Cc4ccc(F)c(F)c4)C3)C2)cn1. The lowest BCUT2D eigenvalue weighted by atomic mass is 9.79. The lowest BCUT2D eigenvalue weighted by molar-refractivity contribution is 0.0865. The average molecular weight is 388 g/mol. The Hall–Kier alpha value is -2.12. The number of hydrogen-bond donors (Lipinski definition) is 0. The van der Waals surface area contributed by atoms with Crippen molar-refractivity contribution in [2.24, 2.45) is 5.41 Å². The van der Waals surface area contributed by atoms with Crippen LogP contribution in [0.15, 0.2) is 30.6 Å². The van der Waals surface area contributed by atoms with Crippen molar-refractivity contribution in [1.29, 1.82) is 0 Å². The summed E-state index contributed by atoms with van der Waals surface area (Å²) < 4.78 is 31.7. The Balaban J connectivity index is 1.36. The van der Waals surface area contributed by atoms with Crippen molar-refractivity contribution in [3.05, 3.63) is 53.4 Å². The molecule has 1 aromatic heterocycles. The molecule has 0 saturated carbocycles. The first-order valence-electron chi connectivity index (χ1n) is 9.79. The minimum absolute atomic E-state index is 0.282. The lowest BCUT2D eigenvalue weighted by Gasteiger charge is -2.40. The summed E-state index contributed by atoms with van der Waals surface area (Å²) >= 11 is 0. The van der Waals surface area contributed by atoms with E-state index in [-0.39, 0.29) is 5.41 Å². The summed E-state index contributed by atoms with van der Waals surface area (Å²) in [5.74, 6) is -1.55. The van der Waals surface area contributed by atoms with Gasteiger partial charge in [0.2, 0.25) is 0 Å². The Morgan fingerprint density at radius 1 is 0.964 bits per heavy atom. The van der Waals surface area contributed by atoms with E-state index in [9.17, 15) is 8.78 Å². The van der Waals surface area contributed by atoms with Crippen LogP contribution in [0.1, 0.15) is 30.4 Å². The van der Waals surface area contributed by atoms with Crippen molar-refractivity contribution in [3.8, 4) is 6.01 Å². The first kappa shape index (κ1) is 19.2. The van der Waals surface area contributed by atoms with Crippen LogP contribution in [-0.4, -0.2) is 53.1 Å². The van der Waals surface area contributed by atoms with E-state index >= 15 is 0 Å². The molecule has 28 heavy (non-hydrogen) atoms. The van der Waals surface area contributed by atoms with Gasteiger partial charge in [0.1, 0.15) is 0 Å². The predicted octanol–water partition coefficient (Wildman–Crippen LogP) is 3.25. The highest BCUT2D eigenvalue weighted by Crippen LogP contribution is 2.39. The Kier molecular flexibility index (Phi) is 5.55. The fraction of sp³-hybridized carbons (Fsp3) is 0.524. The molecule has 2 aliphatic heterocycles. The summed E-state index contributed by atoms with van der Waals surface area (Å²) in [5.41, 5.74) is 2.21. The Bertz CT molecular complexity index is 817. The smallest absolute Gasteiger partial charge is 0.316 e. The molecular weight excluding hydrogens is 362 g/mol. The molecule has 0 bridgehead atoms. The van der Waals surface area contributed by atoms with E-state index in [0.717, 1.165) is 56.7 Å². The summed E-state index contributed by atoms with van der Waals surface area (Å²) in [6.45, 7) is 5.63. The van der Waals surface area contributed by atoms with E-state index < -0.39 is 11.6 Å². The van der Waals surface area contributed by atoms with Crippen LogP contribution in [0.25, 0.3) is 0 Å². The number of piperidine rings is 1. The molecule has 2 aromatic rings. The van der Waals surface area contributed by atoms with Crippen LogP contribution < -0.4 is 4.74 Å². The lowest BCUT2D eigenvalue weighted by Crippen LogP contribution is -2.44. The standard InChI is InChI=1S/C21H26F2N4O/c1-28-20-24-10-17(11-25-20)13-27-8-6-21(15-27)5-2-7-26(14-21)12-16-3-4-18(22)19(23)9-16/h3-4,9-11H,2,5-8,12-15H2,1H3. The molecule has 1 spiro atoms. The van der Waals surface area contributed by atoms with Crippen LogP contribution in [-0.2, 0) is 13.1 Å². The van der Waals surface area contributed by atoms with E-state index in [4.69, 9.17) is 4.74 Å². The van der Waals surface area contributed by atoms with Crippen LogP contribution in [0.3, 0.4) is 0 Å². The summed E-state index contributed by atoms with van der Waals surface area (Å²) in [6, 6.07) is 4.62. The van der Waals surface area contributed by atoms with Crippen molar-refractivity contribution in [2.45, 2.75) is 32.4 Å². The number of hydrogen-bond acceptors (Lipinski definition) is 5. The van der Waals surface area contributed by atoms with E-state index in [1.807, 2.05) is 12.4 Å². The molecule has 5 nitrogen and oxygen atoms in total. The molecule has 150 valence electrons. The highest BCUT2D eigenvalue weighted by Gasteiger charge is 2.41. The largest absolute Gasteiger partial charge is 0.467 e. The molecule has 0 N–H and O–H groups in total. The second-order valence-corrected chi connectivity index (χ2v) is 8.10. The van der Waals surface area contributed by atoms with E-state index in [2.05, 4.69) is 19.8 Å². The van der Waals surface area contributed by atoms with Gasteiger partial charge in [-0.15, -0.1) is 0 Å². The van der Waals surface area contributed by atoms with Gasteiger partial charge >= 0.3 is 6.01 Å². The number of rotatable bonds is 5. The van der Waals surface area contributed by atoms with Crippen molar-refractivity contribution in [1.82, 2.24) is 19.8 Å². The number of methoxy groups -OCH3 is 1. The molecule has 0 amide bonds. The van der Waals surface area contributed by atoms with Crippen molar-refractivity contribution in [2.75, 3.05) is 33.3 Å². The monoisotopic (exact) mass is 388 g/mol. The third kappa shape index (κ3) is 4.31. The molecule has 0 radical (unpaired) electrons. The minimum atomic E-state index is -0.784. The second kappa shape index (κ2) is 8.09. The molecule has 3 heterocycles. The first-order chi connectivity index (χ1) is 13.5. The summed E-state index contributed by atoms with van der Waals surface area (Å²) in [4.78, 5) is 13.2. The quantitative estimate of drug-likeness (QED) is 0.787. The molecular formula is C21H26F2N4O. The second-order valence-electron chi connectivity index (χ2n) is 8.10. The Labute approximate surface area is 164 Å². The van der Waals surface area contributed by atoms with Crippen molar-refractivity contribution in [3.63, 3.8) is 0 Å². The van der Waals surface area contributed by atoms with Gasteiger partial charge in [-0.25, -0.2) is 18.7 Å². The van der Waals surface area contributed by atoms with Gasteiger partial charge in [-0.3, -0.25) is 9.80 Å². The third-order valence-corrected chi connectivity index (χ3v) is 5.92. The van der Waals surface area contributed by atoms with E-state index in [1.165, 1.54) is 18.6 Å². The highest BCUT2D eigenvalue weighted by molar-refractivity contribution is 5.18. The maximum Gasteiger partial charge on any atom is 0.316 e. The van der Waals surface area contributed by atoms with E-state index in [1.54, 1.807) is 13.2 Å². The van der Waals surface area contributed by atoms with Gasteiger partial charge in [0.15, 0.2) is 11.6 Å².